The van der Waals surface area contributed by atoms with E-state index in [2.05, 4.69) is 50.4 Å². The molecule has 2 aliphatic carbocycles. The van der Waals surface area contributed by atoms with Crippen LogP contribution in [0.3, 0.4) is 0 Å². The Morgan fingerprint density at radius 3 is 2.34 bits per heavy atom. The second kappa shape index (κ2) is 17.3. The van der Waals surface area contributed by atoms with Gasteiger partial charge in [-0.15, -0.1) is 0 Å². The third-order valence-electron chi connectivity index (χ3n) is 12.0. The highest BCUT2D eigenvalue weighted by Gasteiger charge is 2.44. The van der Waals surface area contributed by atoms with Crippen LogP contribution in [0.5, 0.6) is 23.0 Å². The number of allylic oxidation sites excluding steroid dienone is 6. The highest BCUT2D eigenvalue weighted by molar-refractivity contribution is 6.20. The lowest BCUT2D eigenvalue weighted by atomic mass is 9.71. The van der Waals surface area contributed by atoms with Gasteiger partial charge in [0.05, 0.1) is 35.6 Å². The number of carbonyl (C=O) groups excluding carboxylic acids is 2. The van der Waals surface area contributed by atoms with Gasteiger partial charge < -0.3 is 24.2 Å². The van der Waals surface area contributed by atoms with E-state index in [1.54, 1.807) is 61.9 Å². The van der Waals surface area contributed by atoms with Crippen molar-refractivity contribution in [1.29, 1.82) is 0 Å². The highest BCUT2D eigenvalue weighted by Crippen LogP contribution is 2.45. The number of benzene rings is 3. The number of hydrogen-bond donors (Lipinski definition) is 1. The van der Waals surface area contributed by atoms with Crippen molar-refractivity contribution in [2.45, 2.75) is 59.7 Å². The molecule has 3 aromatic carbocycles. The molecule has 1 aliphatic heterocycles. The van der Waals surface area contributed by atoms with Crippen LogP contribution in [0.2, 0.25) is 0 Å². The van der Waals surface area contributed by atoms with Crippen LogP contribution >= 0.6 is 0 Å². The summed E-state index contributed by atoms with van der Waals surface area (Å²) in [5, 5.41) is 11.3. The van der Waals surface area contributed by atoms with Gasteiger partial charge in [-0.05, 0) is 103 Å². The molecule has 1 fully saturated rings. The van der Waals surface area contributed by atoms with Crippen molar-refractivity contribution in [2.75, 3.05) is 20.2 Å². The van der Waals surface area contributed by atoms with Crippen LogP contribution in [0.4, 0.5) is 0 Å². The lowest BCUT2D eigenvalue weighted by Crippen LogP contribution is -2.37. The summed E-state index contributed by atoms with van der Waals surface area (Å²) in [4.78, 5) is 36.4. The topological polar surface area (TPSA) is 98.2 Å². The summed E-state index contributed by atoms with van der Waals surface area (Å²) in [7, 11) is 1.64. The molecule has 8 heteroatoms. The van der Waals surface area contributed by atoms with Gasteiger partial charge in [0.15, 0.2) is 11.6 Å². The first-order chi connectivity index (χ1) is 28.0. The first-order valence-corrected chi connectivity index (χ1v) is 20.4. The van der Waals surface area contributed by atoms with E-state index in [0.717, 1.165) is 53.6 Å². The minimum Gasteiger partial charge on any atom is -0.508 e. The van der Waals surface area contributed by atoms with Gasteiger partial charge in [-0.1, -0.05) is 83.2 Å². The lowest BCUT2D eigenvalue weighted by Gasteiger charge is -2.36. The minimum absolute atomic E-state index is 0.0426. The number of aromatic nitrogens is 1. The number of hydrogen-bond acceptors (Lipinski definition) is 8. The third-order valence-corrected chi connectivity index (χ3v) is 12.0. The molecule has 0 spiro atoms. The maximum Gasteiger partial charge on any atom is 0.175 e. The lowest BCUT2D eigenvalue weighted by molar-refractivity contribution is 0.0789. The number of Topliss-reactive ketones (excluding diaryl/α,β-unsaturated/α-hetero) is 2. The first-order valence-electron chi connectivity index (χ1n) is 20.4. The predicted molar refractivity (Wildman–Crippen MR) is 231 cm³/mol. The number of likely N-dealkylation sites (tertiary alicyclic amines) is 1. The molecule has 2 heterocycles. The molecule has 0 bridgehead atoms. The standard InChI is InChI=1S/C50H54N2O6/c1-8-12-39(40-28-35(56-7)17-15-32(40)6)50(30(3)4)58-45-20-19-44(46-47(45)49(55)38-14-11-10-13-37(38)48(46)54)57-43(23-26-52-25-22-31(5)33(9-2)29-52)36-21-24-51-42-18-16-34(53)27-41(36)42/h8,10-21,23-24,26-28,30-31,33,37-38,43,50,53H,1,9,22,25,29H2,2-7H3/b26-23?,39-12+. The minimum atomic E-state index is -0.702. The zero-order valence-electron chi connectivity index (χ0n) is 34.4. The molecular weight excluding hydrogens is 725 g/mol. The summed E-state index contributed by atoms with van der Waals surface area (Å²) >= 11 is 0. The van der Waals surface area contributed by atoms with E-state index < -0.39 is 24.0 Å². The molecule has 0 amide bonds. The molecule has 4 aromatic rings. The monoisotopic (exact) mass is 778 g/mol. The molecule has 6 unspecified atom stereocenters. The van der Waals surface area contributed by atoms with Crippen molar-refractivity contribution >= 4 is 28.0 Å². The van der Waals surface area contributed by atoms with Crippen LogP contribution in [-0.2, 0) is 0 Å². The molecule has 3 aliphatic rings. The zero-order chi connectivity index (χ0) is 41.1. The number of phenolic OH excluding ortho intramolecular Hbond substituents is 1. The number of aromatic hydroxyl groups is 1. The summed E-state index contributed by atoms with van der Waals surface area (Å²) in [6.45, 7) is 16.6. The predicted octanol–water partition coefficient (Wildman–Crippen LogP) is 10.7. The SMILES string of the molecule is C=C/C=C(\c1cc(OC)ccc1C)C(Oc1ccc(OC(C=CN2CCC(C)C(CC)C2)c2ccnc3ccc(O)cc23)c2c1C(=O)C1C=CC=CC1C2=O)C(C)C. The van der Waals surface area contributed by atoms with E-state index in [4.69, 9.17) is 14.2 Å². The molecular formula is C50H54N2O6. The molecule has 0 radical (unpaired) electrons. The average Bonchev–Trinajstić information content (AvgIpc) is 3.23. The summed E-state index contributed by atoms with van der Waals surface area (Å²) in [6.07, 6.45) is 17.7. The number of carbonyl (C=O) groups is 2. The second-order valence-corrected chi connectivity index (χ2v) is 16.1. The van der Waals surface area contributed by atoms with Crippen molar-refractivity contribution in [1.82, 2.24) is 9.88 Å². The van der Waals surface area contributed by atoms with Gasteiger partial charge in [0.25, 0.3) is 0 Å². The van der Waals surface area contributed by atoms with Crippen molar-refractivity contribution in [3.63, 3.8) is 0 Å². The average molecular weight is 779 g/mol. The molecule has 1 N–H and O–H groups in total. The number of phenols is 1. The van der Waals surface area contributed by atoms with Gasteiger partial charge in [-0.25, -0.2) is 0 Å². The number of fused-ring (bicyclic) bond motifs is 3. The zero-order valence-corrected chi connectivity index (χ0v) is 34.4. The molecule has 300 valence electrons. The Kier molecular flexibility index (Phi) is 12.0. The van der Waals surface area contributed by atoms with E-state index in [1.807, 2.05) is 55.5 Å². The van der Waals surface area contributed by atoms with Crippen molar-refractivity contribution < 1.29 is 28.9 Å². The molecule has 0 saturated carbocycles. The Bertz CT molecular complexity index is 2340. The number of piperidine rings is 1. The first kappa shape index (κ1) is 40.3. The number of methoxy groups -OCH3 is 1. The Labute approximate surface area is 342 Å². The molecule has 8 nitrogen and oxygen atoms in total. The smallest absolute Gasteiger partial charge is 0.175 e. The van der Waals surface area contributed by atoms with Crippen LogP contribution in [0.15, 0.2) is 116 Å². The van der Waals surface area contributed by atoms with E-state index in [-0.39, 0.29) is 40.1 Å². The summed E-state index contributed by atoms with van der Waals surface area (Å²) in [5.74, 6) is 0.857. The largest absolute Gasteiger partial charge is 0.508 e. The van der Waals surface area contributed by atoms with E-state index in [1.165, 1.54) is 0 Å². The van der Waals surface area contributed by atoms with Crippen molar-refractivity contribution in [2.24, 2.45) is 29.6 Å². The van der Waals surface area contributed by atoms with Crippen LogP contribution in [-0.4, -0.2) is 52.9 Å². The van der Waals surface area contributed by atoms with Gasteiger partial charge in [0, 0.05) is 35.8 Å². The second-order valence-electron chi connectivity index (χ2n) is 16.1. The molecule has 7 rings (SSSR count). The van der Waals surface area contributed by atoms with Gasteiger partial charge in [0.2, 0.25) is 0 Å². The Morgan fingerprint density at radius 2 is 1.69 bits per heavy atom. The van der Waals surface area contributed by atoms with E-state index in [9.17, 15) is 14.7 Å². The molecule has 58 heavy (non-hydrogen) atoms. The summed E-state index contributed by atoms with van der Waals surface area (Å²) in [5.41, 5.74) is 4.73. The fourth-order valence-electron chi connectivity index (χ4n) is 8.68. The number of ether oxygens (including phenoxy) is 3. The van der Waals surface area contributed by atoms with Crippen LogP contribution in [0.1, 0.15) is 84.0 Å². The maximum absolute atomic E-state index is 14.8. The molecule has 6 atom stereocenters. The van der Waals surface area contributed by atoms with Crippen molar-refractivity contribution in [3.05, 3.63) is 144 Å². The molecule has 1 aromatic heterocycles. The highest BCUT2D eigenvalue weighted by atomic mass is 16.5. The summed E-state index contributed by atoms with van der Waals surface area (Å²) in [6, 6.07) is 16.4. The normalized spacial score (nSPS) is 21.6. The van der Waals surface area contributed by atoms with Gasteiger partial charge in [0.1, 0.15) is 35.2 Å². The Hall–Kier alpha value is -5.89. The number of aryl methyl sites for hydroxylation is 1. The fraction of sp³-hybridized carbons (Fsp3) is 0.340. The number of ketones is 2. The van der Waals surface area contributed by atoms with Gasteiger partial charge >= 0.3 is 0 Å². The summed E-state index contributed by atoms with van der Waals surface area (Å²) < 4.78 is 19.5. The van der Waals surface area contributed by atoms with Crippen LogP contribution < -0.4 is 14.2 Å². The maximum atomic E-state index is 14.8. The van der Waals surface area contributed by atoms with Gasteiger partial charge in [-0.2, -0.15) is 0 Å². The Morgan fingerprint density at radius 1 is 0.983 bits per heavy atom. The quantitative estimate of drug-likeness (QED) is 0.134. The number of rotatable bonds is 13. The van der Waals surface area contributed by atoms with E-state index >= 15 is 0 Å². The van der Waals surface area contributed by atoms with E-state index in [0.29, 0.717) is 28.9 Å². The molecule has 1 saturated heterocycles. The van der Waals surface area contributed by atoms with Crippen LogP contribution in [0, 0.1) is 36.5 Å². The Balaban J connectivity index is 1.36. The third kappa shape index (κ3) is 7.97. The van der Waals surface area contributed by atoms with Crippen LogP contribution in [0.25, 0.3) is 16.5 Å². The van der Waals surface area contributed by atoms with Crippen molar-refractivity contribution in [3.8, 4) is 23.0 Å². The number of pyridine rings is 1. The number of nitrogens with zero attached hydrogens (tertiary/aromatic N) is 2. The van der Waals surface area contributed by atoms with Gasteiger partial charge in [-0.3, -0.25) is 14.6 Å². The fourth-order valence-corrected chi connectivity index (χ4v) is 8.68.